The van der Waals surface area contributed by atoms with Gasteiger partial charge in [0.25, 0.3) is 5.56 Å². The molecular weight excluding hydrogens is 405 g/mol. The average Bonchev–Trinajstić information content (AvgIpc) is 2.75. The number of H-pyrrole nitrogens is 1. The van der Waals surface area contributed by atoms with Crippen molar-refractivity contribution in [3.63, 3.8) is 0 Å². The van der Waals surface area contributed by atoms with Gasteiger partial charge in [0.2, 0.25) is 0 Å². The summed E-state index contributed by atoms with van der Waals surface area (Å²) in [6, 6.07) is 11.0. The Hall–Kier alpha value is -2.80. The number of rotatable bonds is 5. The van der Waals surface area contributed by atoms with Crippen LogP contribution in [0.15, 0.2) is 53.5 Å². The van der Waals surface area contributed by atoms with Crippen LogP contribution in [0.2, 0.25) is 0 Å². The molecule has 0 spiro atoms. The maximum absolute atomic E-state index is 12.7. The number of nitrogens with one attached hydrogen (secondary N) is 1. The Kier molecular flexibility index (Phi) is 6.05. The smallest absolute Gasteiger partial charge is 0.416 e. The van der Waals surface area contributed by atoms with E-state index < -0.39 is 11.7 Å². The molecule has 2 heterocycles. The molecule has 164 valence electrons. The fourth-order valence-corrected chi connectivity index (χ4v) is 4.10. The average molecular weight is 430 g/mol. The minimum Gasteiger partial charge on any atom is -0.490 e. The lowest BCUT2D eigenvalue weighted by molar-refractivity contribution is -0.137. The number of ether oxygens (including phenoxy) is 1. The standard InChI is InChI=1S/C24H25F3N2O2/c1-2-17-14-28-23(30)21-8-7-20(13-22(17)21)31-19-9-11-29(12-10-19)15-16-3-5-18(6-4-16)24(25,26)27/h3-8,13-14,19H,2,9-12,15H2,1H3,(H,28,30). The quantitative estimate of drug-likeness (QED) is 0.609. The van der Waals surface area contributed by atoms with Gasteiger partial charge in [-0.1, -0.05) is 19.1 Å². The van der Waals surface area contributed by atoms with E-state index in [1.807, 2.05) is 25.1 Å². The Morgan fingerprint density at radius 3 is 2.42 bits per heavy atom. The van der Waals surface area contributed by atoms with Gasteiger partial charge < -0.3 is 9.72 Å². The van der Waals surface area contributed by atoms with Crippen molar-refractivity contribution in [2.45, 2.75) is 45.0 Å². The molecule has 1 fully saturated rings. The summed E-state index contributed by atoms with van der Waals surface area (Å²) in [6.07, 6.45) is 0.0345. The van der Waals surface area contributed by atoms with Crippen LogP contribution in [-0.4, -0.2) is 29.1 Å². The second-order valence-corrected chi connectivity index (χ2v) is 7.99. The summed E-state index contributed by atoms with van der Waals surface area (Å²) in [5.41, 5.74) is 1.23. The molecule has 1 saturated heterocycles. The van der Waals surface area contributed by atoms with Crippen molar-refractivity contribution in [1.29, 1.82) is 0 Å². The Morgan fingerprint density at radius 2 is 1.77 bits per heavy atom. The number of fused-ring (bicyclic) bond motifs is 1. The molecule has 4 nitrogen and oxygen atoms in total. The molecule has 0 radical (unpaired) electrons. The zero-order valence-electron chi connectivity index (χ0n) is 17.3. The van der Waals surface area contributed by atoms with Crippen molar-refractivity contribution in [3.8, 4) is 5.75 Å². The molecule has 0 atom stereocenters. The van der Waals surface area contributed by atoms with Crippen molar-refractivity contribution in [3.05, 3.63) is 75.7 Å². The lowest BCUT2D eigenvalue weighted by Crippen LogP contribution is -2.37. The summed E-state index contributed by atoms with van der Waals surface area (Å²) in [6.45, 7) is 4.31. The second-order valence-electron chi connectivity index (χ2n) is 7.99. The summed E-state index contributed by atoms with van der Waals surface area (Å²) >= 11 is 0. The molecule has 7 heteroatoms. The Balaban J connectivity index is 1.35. The van der Waals surface area contributed by atoms with Gasteiger partial charge in [0.15, 0.2) is 0 Å². The first-order chi connectivity index (χ1) is 14.8. The summed E-state index contributed by atoms with van der Waals surface area (Å²) < 4.78 is 44.3. The van der Waals surface area contributed by atoms with Gasteiger partial charge >= 0.3 is 6.18 Å². The maximum atomic E-state index is 12.7. The van der Waals surface area contributed by atoms with Crippen LogP contribution in [-0.2, 0) is 19.1 Å². The van der Waals surface area contributed by atoms with Gasteiger partial charge in [0.05, 0.1) is 5.56 Å². The predicted molar refractivity (Wildman–Crippen MR) is 114 cm³/mol. The van der Waals surface area contributed by atoms with E-state index in [9.17, 15) is 18.0 Å². The van der Waals surface area contributed by atoms with Crippen molar-refractivity contribution in [2.75, 3.05) is 13.1 Å². The van der Waals surface area contributed by atoms with E-state index in [0.29, 0.717) is 11.9 Å². The third-order valence-electron chi connectivity index (χ3n) is 5.86. The second kappa shape index (κ2) is 8.75. The molecule has 4 rings (SSSR count). The Morgan fingerprint density at radius 1 is 1.06 bits per heavy atom. The highest BCUT2D eigenvalue weighted by Crippen LogP contribution is 2.29. The number of hydrogen-bond donors (Lipinski definition) is 1. The molecule has 1 aromatic heterocycles. The molecule has 0 aliphatic carbocycles. The molecule has 0 bridgehead atoms. The van der Waals surface area contributed by atoms with E-state index in [2.05, 4.69) is 9.88 Å². The number of piperidine rings is 1. The van der Waals surface area contributed by atoms with Crippen molar-refractivity contribution >= 4 is 10.8 Å². The third kappa shape index (κ3) is 4.93. The molecule has 0 unspecified atom stereocenters. The van der Waals surface area contributed by atoms with E-state index in [0.717, 1.165) is 66.7 Å². The lowest BCUT2D eigenvalue weighted by atomic mass is 10.0. The number of aromatic amines is 1. The van der Waals surface area contributed by atoms with Crippen molar-refractivity contribution in [1.82, 2.24) is 9.88 Å². The summed E-state index contributed by atoms with van der Waals surface area (Å²) in [5.74, 6) is 0.758. The van der Waals surface area contributed by atoms with E-state index >= 15 is 0 Å². The van der Waals surface area contributed by atoms with Crippen LogP contribution in [0, 0.1) is 0 Å². The van der Waals surface area contributed by atoms with Crippen LogP contribution in [0.25, 0.3) is 10.8 Å². The molecule has 31 heavy (non-hydrogen) atoms. The highest BCUT2D eigenvalue weighted by Gasteiger charge is 2.30. The predicted octanol–water partition coefficient (Wildman–Crippen LogP) is 5.15. The minimum absolute atomic E-state index is 0.0772. The van der Waals surface area contributed by atoms with Gasteiger partial charge in [-0.3, -0.25) is 9.69 Å². The highest BCUT2D eigenvalue weighted by molar-refractivity contribution is 5.85. The molecular formula is C24H25F3N2O2. The number of halogens is 3. The van der Waals surface area contributed by atoms with Crippen molar-refractivity contribution < 1.29 is 17.9 Å². The normalized spacial score (nSPS) is 16.0. The largest absolute Gasteiger partial charge is 0.490 e. The number of pyridine rings is 1. The molecule has 2 aromatic carbocycles. The Labute approximate surface area is 178 Å². The van der Waals surface area contributed by atoms with E-state index in [1.165, 1.54) is 0 Å². The number of alkyl halides is 3. The molecule has 1 aliphatic heterocycles. The van der Waals surface area contributed by atoms with E-state index in [1.54, 1.807) is 18.3 Å². The maximum Gasteiger partial charge on any atom is 0.416 e. The number of hydrogen-bond acceptors (Lipinski definition) is 3. The lowest BCUT2D eigenvalue weighted by Gasteiger charge is -2.32. The molecule has 0 saturated carbocycles. The number of aryl methyl sites for hydroxylation is 1. The monoisotopic (exact) mass is 430 g/mol. The van der Waals surface area contributed by atoms with E-state index in [4.69, 9.17) is 4.74 Å². The number of likely N-dealkylation sites (tertiary alicyclic amines) is 1. The molecule has 1 aliphatic rings. The first kappa shape index (κ1) is 21.4. The number of aromatic nitrogens is 1. The fraction of sp³-hybridized carbons (Fsp3) is 0.375. The summed E-state index contributed by atoms with van der Waals surface area (Å²) in [5, 5.41) is 1.58. The number of nitrogens with zero attached hydrogens (tertiary/aromatic N) is 1. The highest BCUT2D eigenvalue weighted by atomic mass is 19.4. The molecule has 3 aromatic rings. The van der Waals surface area contributed by atoms with Gasteiger partial charge in [0.1, 0.15) is 11.9 Å². The van der Waals surface area contributed by atoms with Gasteiger partial charge in [-0.2, -0.15) is 13.2 Å². The van der Waals surface area contributed by atoms with Gasteiger partial charge in [-0.25, -0.2) is 0 Å². The first-order valence-electron chi connectivity index (χ1n) is 10.5. The first-order valence-corrected chi connectivity index (χ1v) is 10.5. The zero-order chi connectivity index (χ0) is 22.0. The van der Waals surface area contributed by atoms with Crippen molar-refractivity contribution in [2.24, 2.45) is 0 Å². The van der Waals surface area contributed by atoms with Crippen LogP contribution in [0.5, 0.6) is 5.75 Å². The van der Waals surface area contributed by atoms with Crippen LogP contribution in [0.1, 0.15) is 36.5 Å². The van der Waals surface area contributed by atoms with Gasteiger partial charge in [0, 0.05) is 31.2 Å². The zero-order valence-corrected chi connectivity index (χ0v) is 17.3. The van der Waals surface area contributed by atoms with Crippen LogP contribution >= 0.6 is 0 Å². The fourth-order valence-electron chi connectivity index (χ4n) is 4.10. The van der Waals surface area contributed by atoms with Gasteiger partial charge in [-0.15, -0.1) is 0 Å². The van der Waals surface area contributed by atoms with Gasteiger partial charge in [-0.05, 0) is 66.1 Å². The Bertz CT molecular complexity index is 1100. The van der Waals surface area contributed by atoms with Crippen LogP contribution in [0.3, 0.4) is 0 Å². The van der Waals surface area contributed by atoms with Crippen LogP contribution in [0.4, 0.5) is 13.2 Å². The number of benzene rings is 2. The third-order valence-corrected chi connectivity index (χ3v) is 5.86. The topological polar surface area (TPSA) is 45.3 Å². The molecule has 1 N–H and O–H groups in total. The SMILES string of the molecule is CCc1c[nH]c(=O)c2ccc(OC3CCN(Cc4ccc(C(F)(F)F)cc4)CC3)cc12. The minimum atomic E-state index is -4.30. The summed E-state index contributed by atoms with van der Waals surface area (Å²) in [4.78, 5) is 17.1. The van der Waals surface area contributed by atoms with E-state index in [-0.39, 0.29) is 11.7 Å². The molecule has 0 amide bonds. The van der Waals surface area contributed by atoms with Crippen LogP contribution < -0.4 is 10.3 Å². The summed E-state index contributed by atoms with van der Waals surface area (Å²) in [7, 11) is 0.